The average Bonchev–Trinajstić information content (AvgIpc) is 1.84. The third kappa shape index (κ3) is 17.8. The van der Waals surface area contributed by atoms with Crippen molar-refractivity contribution in [2.24, 2.45) is 0 Å². The topological polar surface area (TPSA) is 82.1 Å². The van der Waals surface area contributed by atoms with Crippen LogP contribution in [0.2, 0.25) is 0 Å². The molecule has 9 nitrogen and oxygen atoms in total. The molecule has 9 heterocycles. The third-order valence-electron chi connectivity index (χ3n) is 16.5. The van der Waals surface area contributed by atoms with Gasteiger partial charge in [-0.05, 0) is 138 Å². The molecule has 9 heteroatoms. The zero-order valence-electron chi connectivity index (χ0n) is 59.7. The van der Waals surface area contributed by atoms with E-state index < -0.39 is 0 Å². The molecule has 0 atom stereocenters. The predicted octanol–water partition coefficient (Wildman–Crippen LogP) is 21.8. The van der Waals surface area contributed by atoms with Crippen LogP contribution in [0.25, 0.3) is 49.9 Å². The Morgan fingerprint density at radius 3 is 1.57 bits per heavy atom. The fraction of sp³-hybridized carbons (Fsp3) is 0.345. The number of aromatic nitrogens is 9. The van der Waals surface area contributed by atoms with E-state index in [0.29, 0.717) is 0 Å². The molecule has 9 aromatic heterocycles. The largest absolute Gasteiger partial charge is 0.304 e. The van der Waals surface area contributed by atoms with Crippen LogP contribution in [-0.4, -0.2) is 43.2 Å². The number of fused-ring (bicyclic) bond motifs is 7. The van der Waals surface area contributed by atoms with Gasteiger partial charge < -0.3 is 4.40 Å². The Balaban J connectivity index is 0.000000139. The summed E-state index contributed by atoms with van der Waals surface area (Å²) in [5.74, 6) is 0. The van der Waals surface area contributed by atoms with Crippen molar-refractivity contribution >= 4 is 49.9 Å². The van der Waals surface area contributed by atoms with Gasteiger partial charge >= 0.3 is 0 Å². The molecule has 0 fully saturated rings. The monoisotopic (exact) mass is 1240 g/mol. The van der Waals surface area contributed by atoms with Gasteiger partial charge in [-0.3, -0.25) is 4.98 Å². The van der Waals surface area contributed by atoms with Crippen LogP contribution in [0.4, 0.5) is 0 Å². The van der Waals surface area contributed by atoms with E-state index in [4.69, 9.17) is 0 Å². The molecule has 93 heavy (non-hydrogen) atoms. The van der Waals surface area contributed by atoms with E-state index in [0.717, 1.165) is 23.1 Å². The Morgan fingerprint density at radius 1 is 0.344 bits per heavy atom. The lowest BCUT2D eigenvalue weighted by Crippen LogP contribution is -2.16. The van der Waals surface area contributed by atoms with Crippen LogP contribution < -0.4 is 0 Å². The van der Waals surface area contributed by atoms with Crippen molar-refractivity contribution in [3.05, 3.63) is 276 Å². The first-order valence-electron chi connectivity index (χ1n) is 33.0. The lowest BCUT2D eigenvalue weighted by Gasteiger charge is -2.22. The number of para-hydroxylation sites is 1. The highest BCUT2D eigenvalue weighted by Gasteiger charge is 2.23. The maximum Gasteiger partial charge on any atom is 0.136 e. The summed E-state index contributed by atoms with van der Waals surface area (Å²) in [5, 5.41) is 16.7. The van der Waals surface area contributed by atoms with Gasteiger partial charge in [0.15, 0.2) is 0 Å². The molecule has 484 valence electrons. The zero-order valence-corrected chi connectivity index (χ0v) is 59.7. The minimum absolute atomic E-state index is 0.144. The molecule has 0 bridgehead atoms. The van der Waals surface area contributed by atoms with Gasteiger partial charge in [0.25, 0.3) is 0 Å². The minimum atomic E-state index is 0.144. The number of hydrogen-bond donors (Lipinski definition) is 0. The van der Waals surface area contributed by atoms with Crippen LogP contribution in [0.15, 0.2) is 226 Å². The molecular weight excluding hydrogens is 1130 g/mol. The second kappa shape index (κ2) is 28.5. The highest BCUT2D eigenvalue weighted by atomic mass is 15.2. The van der Waals surface area contributed by atoms with E-state index in [9.17, 15) is 0 Å². The fourth-order valence-corrected chi connectivity index (χ4v) is 11.7. The van der Waals surface area contributed by atoms with Crippen molar-refractivity contribution in [3.63, 3.8) is 0 Å². The molecule has 13 aromatic rings. The molecule has 4 aromatic carbocycles. The highest BCUT2D eigenvalue weighted by Crippen LogP contribution is 2.34. The number of benzene rings is 4. The summed E-state index contributed by atoms with van der Waals surface area (Å²) in [6.45, 7) is 46.7. The minimum Gasteiger partial charge on any atom is -0.304 e. The number of rotatable bonds is 0. The first-order chi connectivity index (χ1) is 43.6. The fourth-order valence-electron chi connectivity index (χ4n) is 11.7. The summed E-state index contributed by atoms with van der Waals surface area (Å²) in [4.78, 5) is 8.80. The van der Waals surface area contributed by atoms with Crippen LogP contribution in [0.1, 0.15) is 196 Å². The van der Waals surface area contributed by atoms with Crippen molar-refractivity contribution in [2.75, 3.05) is 0 Å². The molecule has 0 saturated heterocycles. The quantitative estimate of drug-likeness (QED) is 0.151. The van der Waals surface area contributed by atoms with Crippen LogP contribution in [0.5, 0.6) is 0 Å². The number of hydrogen-bond acceptors (Lipinski definition) is 5. The molecule has 1 aliphatic rings. The molecule has 0 spiro atoms. The lowest BCUT2D eigenvalue weighted by atomic mass is 9.82. The van der Waals surface area contributed by atoms with Gasteiger partial charge in [-0.1, -0.05) is 267 Å². The maximum absolute atomic E-state index is 4.45. The van der Waals surface area contributed by atoms with Crippen LogP contribution >= 0.6 is 0 Å². The van der Waals surface area contributed by atoms with Gasteiger partial charge in [-0.2, -0.15) is 15.3 Å². The summed E-state index contributed by atoms with van der Waals surface area (Å²) in [6, 6.07) is 59.0. The normalized spacial score (nSPS) is 12.5. The van der Waals surface area contributed by atoms with Crippen molar-refractivity contribution in [1.29, 1.82) is 0 Å². The van der Waals surface area contributed by atoms with E-state index >= 15 is 0 Å². The standard InChI is InChI=1S/C14H16.C13H15N.C13H16.4C11H14N2/c1-14(2,3)13-10-6-8-11-7-4-5-9-12(11)13;1-13(2,3)11-8-4-6-10-7-5-9-14-12(10)11;1-13(2,3)12-9-5-7-10-6-4-8-11(10)12;1-11(2,3)9-5-4-8-13-10(9)6-7-12-13;1-11(2,3)10-6-4-5-9-7-8-12-13(9)10;1-11(2,3)9-8-12-10-6-4-5-7-13(9)10;1-11(2,3)9-8-12-13-7-5-4-6-10(9)13/h4-10H,1-3H3;4-9H,1-3H3;4-7,9H,8H2,1-3H3;4*4-8H,1-3H3. The molecule has 0 amide bonds. The van der Waals surface area contributed by atoms with E-state index in [1.807, 2.05) is 105 Å². The summed E-state index contributed by atoms with van der Waals surface area (Å²) < 4.78 is 7.97. The maximum atomic E-state index is 4.45. The van der Waals surface area contributed by atoms with Crippen molar-refractivity contribution in [1.82, 2.24) is 43.2 Å². The molecule has 0 aliphatic heterocycles. The molecule has 14 rings (SSSR count). The SMILES string of the molecule is CC(C)(C)c1cccc2c1CC=C2.CC(C)(C)c1cccc2ccccc12.CC(C)(C)c1cccc2cccnc12.CC(C)(C)c1cccc2ccnn12.CC(C)(C)c1cccn2nccc12.CC(C)(C)c1cnc2ccccn12.CC(C)(C)c1cnn2ccccc12. The van der Waals surface area contributed by atoms with Crippen molar-refractivity contribution in [3.8, 4) is 0 Å². The number of imidazole rings is 1. The average molecular weight is 1240 g/mol. The van der Waals surface area contributed by atoms with Gasteiger partial charge in [-0.25, -0.2) is 18.5 Å². The zero-order chi connectivity index (χ0) is 67.7. The van der Waals surface area contributed by atoms with Crippen LogP contribution in [0, 0.1) is 0 Å². The Morgan fingerprint density at radius 2 is 0.882 bits per heavy atom. The molecule has 0 radical (unpaired) electrons. The van der Waals surface area contributed by atoms with Gasteiger partial charge in [-0.15, -0.1) is 0 Å². The van der Waals surface area contributed by atoms with E-state index in [1.165, 1.54) is 77.5 Å². The Hall–Kier alpha value is -8.95. The molecule has 1 aliphatic carbocycles. The number of allylic oxidation sites excluding steroid dienone is 1. The Labute approximate surface area is 555 Å². The summed E-state index contributed by atoms with van der Waals surface area (Å²) in [7, 11) is 0. The van der Waals surface area contributed by atoms with Crippen molar-refractivity contribution in [2.45, 2.75) is 190 Å². The van der Waals surface area contributed by atoms with Crippen LogP contribution in [-0.2, 0) is 44.3 Å². The number of pyridine rings is 5. The van der Waals surface area contributed by atoms with Gasteiger partial charge in [0.1, 0.15) is 5.65 Å². The second-order valence-corrected chi connectivity index (χ2v) is 31.5. The van der Waals surface area contributed by atoms with Gasteiger partial charge in [0, 0.05) is 76.5 Å². The first kappa shape index (κ1) is 69.9. The van der Waals surface area contributed by atoms with Crippen molar-refractivity contribution < 1.29 is 0 Å². The third-order valence-corrected chi connectivity index (χ3v) is 16.5. The predicted molar refractivity (Wildman–Crippen MR) is 397 cm³/mol. The lowest BCUT2D eigenvalue weighted by molar-refractivity contribution is 0.548. The number of nitrogens with zero attached hydrogens (tertiary/aromatic N) is 9. The molecule has 0 N–H and O–H groups in total. The molecular formula is C84H103N9. The second-order valence-electron chi connectivity index (χ2n) is 31.5. The molecule has 0 saturated carbocycles. The Bertz CT molecular complexity index is 4310. The first-order valence-corrected chi connectivity index (χ1v) is 33.0. The van der Waals surface area contributed by atoms with E-state index in [1.54, 1.807) is 0 Å². The van der Waals surface area contributed by atoms with Gasteiger partial charge in [0.2, 0.25) is 0 Å². The molecule has 0 unspecified atom stereocenters. The van der Waals surface area contributed by atoms with Crippen LogP contribution in [0.3, 0.4) is 0 Å². The summed E-state index contributed by atoms with van der Waals surface area (Å²) >= 11 is 0. The smallest absolute Gasteiger partial charge is 0.136 e. The van der Waals surface area contributed by atoms with E-state index in [2.05, 4.69) is 315 Å². The van der Waals surface area contributed by atoms with E-state index in [-0.39, 0.29) is 37.9 Å². The summed E-state index contributed by atoms with van der Waals surface area (Å²) in [6.07, 6.45) is 21.0. The van der Waals surface area contributed by atoms with Gasteiger partial charge in [0.05, 0.1) is 28.3 Å². The Kier molecular flexibility index (Phi) is 21.4. The highest BCUT2D eigenvalue weighted by molar-refractivity contribution is 5.86. The summed E-state index contributed by atoms with van der Waals surface area (Å²) in [5.41, 5.74) is 19.3.